The first kappa shape index (κ1) is 18.9. The summed E-state index contributed by atoms with van der Waals surface area (Å²) in [5.41, 5.74) is 2.62. The number of rotatable bonds is 5. The third-order valence-electron chi connectivity index (χ3n) is 4.90. The molecule has 2 N–H and O–H groups in total. The van der Waals surface area contributed by atoms with Crippen molar-refractivity contribution in [1.82, 2.24) is 4.98 Å². The van der Waals surface area contributed by atoms with E-state index in [0.29, 0.717) is 30.8 Å². The first-order valence-corrected chi connectivity index (χ1v) is 9.49. The number of benzene rings is 2. The number of aromatic nitrogens is 1. The highest BCUT2D eigenvalue weighted by atomic mass is 16.5. The molecule has 0 bridgehead atoms. The SMILES string of the molecule is O=C(CCc1cc2ccccc2[nH]c1=O)Nc1ccc(N2CCOCC2=O)cc1. The fourth-order valence-corrected chi connectivity index (χ4v) is 3.37. The van der Waals surface area contributed by atoms with Crippen LogP contribution in [0.25, 0.3) is 10.9 Å². The highest BCUT2D eigenvalue weighted by molar-refractivity contribution is 5.95. The standard InChI is InChI=1S/C22H21N3O4/c26-20(10-5-16-13-15-3-1-2-4-19(15)24-22(16)28)23-17-6-8-18(9-7-17)25-11-12-29-14-21(25)27/h1-4,6-9,13H,5,10-12,14H2,(H,23,26)(H,24,28). The first-order chi connectivity index (χ1) is 14.1. The quantitative estimate of drug-likeness (QED) is 0.699. The van der Waals surface area contributed by atoms with Crippen LogP contribution in [-0.2, 0) is 20.7 Å². The Hall–Kier alpha value is -3.45. The van der Waals surface area contributed by atoms with Crippen molar-refractivity contribution in [2.75, 3.05) is 30.0 Å². The molecule has 0 radical (unpaired) electrons. The minimum Gasteiger partial charge on any atom is -0.370 e. The maximum Gasteiger partial charge on any atom is 0.253 e. The average Bonchev–Trinajstić information content (AvgIpc) is 2.73. The van der Waals surface area contributed by atoms with Gasteiger partial charge in [0, 0.05) is 35.4 Å². The number of morpholine rings is 1. The summed E-state index contributed by atoms with van der Waals surface area (Å²) in [5.74, 6) is -0.249. The van der Waals surface area contributed by atoms with Crippen molar-refractivity contribution in [3.8, 4) is 0 Å². The van der Waals surface area contributed by atoms with E-state index in [-0.39, 0.29) is 30.4 Å². The number of aryl methyl sites for hydroxylation is 1. The Kier molecular flexibility index (Phi) is 5.39. The number of pyridine rings is 1. The summed E-state index contributed by atoms with van der Waals surface area (Å²) in [6.45, 7) is 1.12. The molecule has 1 aliphatic heterocycles. The predicted octanol–water partition coefficient (Wildman–Crippen LogP) is 2.46. The van der Waals surface area contributed by atoms with Gasteiger partial charge in [0.05, 0.1) is 6.61 Å². The minimum absolute atomic E-state index is 0.0753. The minimum atomic E-state index is -0.173. The molecular weight excluding hydrogens is 370 g/mol. The number of hydrogen-bond acceptors (Lipinski definition) is 4. The van der Waals surface area contributed by atoms with Crippen molar-refractivity contribution in [3.05, 3.63) is 70.5 Å². The highest BCUT2D eigenvalue weighted by Gasteiger charge is 2.20. The summed E-state index contributed by atoms with van der Waals surface area (Å²) in [5, 5.41) is 3.77. The Balaban J connectivity index is 1.37. The van der Waals surface area contributed by atoms with Crippen LogP contribution in [0.2, 0.25) is 0 Å². The zero-order chi connectivity index (χ0) is 20.2. The second-order valence-electron chi connectivity index (χ2n) is 6.90. The number of carbonyl (C=O) groups is 2. The Morgan fingerprint density at radius 3 is 2.69 bits per heavy atom. The third-order valence-corrected chi connectivity index (χ3v) is 4.90. The van der Waals surface area contributed by atoms with Crippen LogP contribution in [0.1, 0.15) is 12.0 Å². The average molecular weight is 391 g/mol. The van der Waals surface area contributed by atoms with Crippen molar-refractivity contribution in [2.45, 2.75) is 12.8 Å². The number of carbonyl (C=O) groups excluding carboxylic acids is 2. The Bertz CT molecular complexity index is 1100. The van der Waals surface area contributed by atoms with Gasteiger partial charge in [0.15, 0.2) is 0 Å². The van der Waals surface area contributed by atoms with Gasteiger partial charge in [0.2, 0.25) is 5.91 Å². The van der Waals surface area contributed by atoms with E-state index in [0.717, 1.165) is 16.6 Å². The number of hydrogen-bond donors (Lipinski definition) is 2. The first-order valence-electron chi connectivity index (χ1n) is 9.49. The van der Waals surface area contributed by atoms with Crippen LogP contribution in [0.5, 0.6) is 0 Å². The molecule has 7 heteroatoms. The van der Waals surface area contributed by atoms with Crippen molar-refractivity contribution in [3.63, 3.8) is 0 Å². The topological polar surface area (TPSA) is 91.5 Å². The molecule has 148 valence electrons. The molecule has 0 unspecified atom stereocenters. The molecule has 0 saturated carbocycles. The number of ether oxygens (including phenoxy) is 1. The van der Waals surface area contributed by atoms with Gasteiger partial charge >= 0.3 is 0 Å². The van der Waals surface area contributed by atoms with Crippen LogP contribution >= 0.6 is 0 Å². The lowest BCUT2D eigenvalue weighted by atomic mass is 10.1. The van der Waals surface area contributed by atoms with E-state index in [2.05, 4.69) is 10.3 Å². The van der Waals surface area contributed by atoms with Crippen LogP contribution in [-0.4, -0.2) is 36.6 Å². The van der Waals surface area contributed by atoms with Gasteiger partial charge in [-0.05, 0) is 48.2 Å². The number of nitrogens with zero attached hydrogens (tertiary/aromatic N) is 1. The Labute approximate surface area is 167 Å². The molecule has 2 amide bonds. The van der Waals surface area contributed by atoms with Gasteiger partial charge in [-0.3, -0.25) is 14.4 Å². The molecule has 0 atom stereocenters. The third kappa shape index (κ3) is 4.35. The summed E-state index contributed by atoms with van der Waals surface area (Å²) < 4.78 is 5.13. The molecule has 7 nitrogen and oxygen atoms in total. The van der Waals surface area contributed by atoms with Crippen molar-refractivity contribution >= 4 is 34.1 Å². The molecule has 1 aromatic heterocycles. The van der Waals surface area contributed by atoms with E-state index >= 15 is 0 Å². The number of aromatic amines is 1. The highest BCUT2D eigenvalue weighted by Crippen LogP contribution is 2.20. The summed E-state index contributed by atoms with van der Waals surface area (Å²) >= 11 is 0. The number of amides is 2. The monoisotopic (exact) mass is 391 g/mol. The van der Waals surface area contributed by atoms with Gasteiger partial charge in [-0.1, -0.05) is 18.2 Å². The molecule has 2 heterocycles. The number of fused-ring (bicyclic) bond motifs is 1. The van der Waals surface area contributed by atoms with Crippen LogP contribution in [0.4, 0.5) is 11.4 Å². The van der Waals surface area contributed by atoms with E-state index < -0.39 is 0 Å². The Morgan fingerprint density at radius 1 is 1.10 bits per heavy atom. The second-order valence-corrected chi connectivity index (χ2v) is 6.90. The molecule has 0 aliphatic carbocycles. The number of anilines is 2. The van der Waals surface area contributed by atoms with E-state index in [1.807, 2.05) is 30.3 Å². The normalized spacial score (nSPS) is 14.2. The fourth-order valence-electron chi connectivity index (χ4n) is 3.37. The molecule has 0 spiro atoms. The number of nitrogens with one attached hydrogen (secondary N) is 2. The molecule has 1 aliphatic rings. The molecule has 1 saturated heterocycles. The smallest absolute Gasteiger partial charge is 0.253 e. The van der Waals surface area contributed by atoms with Gasteiger partial charge < -0.3 is 19.9 Å². The number of H-pyrrole nitrogens is 1. The summed E-state index contributed by atoms with van der Waals surface area (Å²) in [4.78, 5) is 40.9. The molecule has 2 aromatic carbocycles. The lowest BCUT2D eigenvalue weighted by molar-refractivity contribution is -0.125. The maximum atomic E-state index is 12.3. The van der Waals surface area contributed by atoms with Crippen LogP contribution in [0, 0.1) is 0 Å². The zero-order valence-corrected chi connectivity index (χ0v) is 15.8. The van der Waals surface area contributed by atoms with Gasteiger partial charge in [-0.15, -0.1) is 0 Å². The summed E-state index contributed by atoms with van der Waals surface area (Å²) in [6.07, 6.45) is 0.553. The predicted molar refractivity (Wildman–Crippen MR) is 111 cm³/mol. The maximum absolute atomic E-state index is 12.3. The summed E-state index contributed by atoms with van der Waals surface area (Å²) in [6, 6.07) is 16.5. The lowest BCUT2D eigenvalue weighted by Gasteiger charge is -2.26. The van der Waals surface area contributed by atoms with Crippen LogP contribution in [0.3, 0.4) is 0 Å². The molecular formula is C22H21N3O4. The van der Waals surface area contributed by atoms with Crippen LogP contribution < -0.4 is 15.8 Å². The number of para-hydroxylation sites is 1. The van der Waals surface area contributed by atoms with E-state index in [1.54, 1.807) is 29.2 Å². The van der Waals surface area contributed by atoms with E-state index in [4.69, 9.17) is 4.74 Å². The van der Waals surface area contributed by atoms with Gasteiger partial charge in [0.1, 0.15) is 6.61 Å². The second kappa shape index (κ2) is 8.28. The van der Waals surface area contributed by atoms with Crippen molar-refractivity contribution in [2.24, 2.45) is 0 Å². The summed E-state index contributed by atoms with van der Waals surface area (Å²) in [7, 11) is 0. The molecule has 1 fully saturated rings. The van der Waals surface area contributed by atoms with Crippen molar-refractivity contribution in [1.29, 1.82) is 0 Å². The van der Waals surface area contributed by atoms with E-state index in [1.165, 1.54) is 0 Å². The van der Waals surface area contributed by atoms with Crippen molar-refractivity contribution < 1.29 is 14.3 Å². The zero-order valence-electron chi connectivity index (χ0n) is 15.8. The lowest BCUT2D eigenvalue weighted by Crippen LogP contribution is -2.41. The molecule has 3 aromatic rings. The molecule has 4 rings (SSSR count). The van der Waals surface area contributed by atoms with Crippen LogP contribution in [0.15, 0.2) is 59.4 Å². The molecule has 29 heavy (non-hydrogen) atoms. The van der Waals surface area contributed by atoms with E-state index in [9.17, 15) is 14.4 Å². The Morgan fingerprint density at radius 2 is 1.90 bits per heavy atom. The van der Waals surface area contributed by atoms with Gasteiger partial charge in [-0.2, -0.15) is 0 Å². The van der Waals surface area contributed by atoms with Gasteiger partial charge in [0.25, 0.3) is 11.5 Å². The largest absolute Gasteiger partial charge is 0.370 e. The fraction of sp³-hybridized carbons (Fsp3) is 0.227. The van der Waals surface area contributed by atoms with Gasteiger partial charge in [-0.25, -0.2) is 0 Å².